The number of azo groups is 1. The lowest BCUT2D eigenvalue weighted by Gasteiger charge is -2.34. The van der Waals surface area contributed by atoms with Gasteiger partial charge in [0.2, 0.25) is 0 Å². The molecular weight excluding hydrogens is 284 g/mol. The molecule has 112 valence electrons. The highest BCUT2D eigenvalue weighted by molar-refractivity contribution is 6.30. The third-order valence-electron chi connectivity index (χ3n) is 4.43. The Bertz CT molecular complexity index is 506. The Morgan fingerprint density at radius 2 is 2.05 bits per heavy atom. The molecule has 21 heavy (non-hydrogen) atoms. The first-order valence-electron chi connectivity index (χ1n) is 7.69. The van der Waals surface area contributed by atoms with Gasteiger partial charge in [0.15, 0.2) is 0 Å². The molecule has 3 atom stereocenters. The highest BCUT2D eigenvalue weighted by atomic mass is 35.5. The summed E-state index contributed by atoms with van der Waals surface area (Å²) in [5.74, 6) is 1.02. The van der Waals surface area contributed by atoms with E-state index in [2.05, 4.69) is 32.7 Å². The Balaban J connectivity index is 1.87. The van der Waals surface area contributed by atoms with Gasteiger partial charge in [-0.2, -0.15) is 5.11 Å². The molecule has 3 rings (SSSR count). The fraction of sp³-hybridized carbons (Fsp3) is 0.562. The van der Waals surface area contributed by atoms with Crippen molar-refractivity contribution in [3.63, 3.8) is 0 Å². The lowest BCUT2D eigenvalue weighted by Crippen LogP contribution is -2.37. The topological polar surface area (TPSA) is 49.1 Å². The van der Waals surface area contributed by atoms with E-state index in [1.165, 1.54) is 18.4 Å². The molecule has 0 radical (unpaired) electrons. The molecule has 1 fully saturated rings. The van der Waals surface area contributed by atoms with Gasteiger partial charge in [-0.3, -0.25) is 4.99 Å². The second kappa shape index (κ2) is 7.14. The average Bonchev–Trinajstić information content (AvgIpc) is 2.80. The van der Waals surface area contributed by atoms with Gasteiger partial charge >= 0.3 is 0 Å². The highest BCUT2D eigenvalue weighted by Gasteiger charge is 2.31. The van der Waals surface area contributed by atoms with Crippen molar-refractivity contribution in [2.24, 2.45) is 21.1 Å². The minimum atomic E-state index is 0.256. The maximum Gasteiger partial charge on any atom is 0.132 e. The third-order valence-corrected chi connectivity index (χ3v) is 4.68. The van der Waals surface area contributed by atoms with Crippen LogP contribution in [-0.2, 0) is 0 Å². The molecular formula is C16H21ClN4. The minimum absolute atomic E-state index is 0.256. The number of nitrogens with one attached hydrogen (secondary N) is 1. The molecule has 1 N–H and O–H groups in total. The first-order valence-corrected chi connectivity index (χ1v) is 8.07. The standard InChI is InChI=1S/C16H21ClN4/c17-14-5-3-12(4-6-14)16(13-2-1-8-18-10-13)15-7-9-20-21-11-19-15/h3-6,11,13,15-16,18H,1-2,7-10H2/t13-,15?,16?/m0/s1. The molecule has 5 heteroatoms. The molecule has 1 saturated heterocycles. The third kappa shape index (κ3) is 3.69. The van der Waals surface area contributed by atoms with E-state index in [1.54, 1.807) is 6.34 Å². The van der Waals surface area contributed by atoms with Crippen LogP contribution in [0.1, 0.15) is 30.7 Å². The van der Waals surface area contributed by atoms with Crippen LogP contribution in [-0.4, -0.2) is 32.0 Å². The molecule has 0 aromatic heterocycles. The molecule has 2 unspecified atom stereocenters. The molecule has 2 heterocycles. The van der Waals surface area contributed by atoms with Crippen molar-refractivity contribution >= 4 is 17.9 Å². The van der Waals surface area contributed by atoms with Crippen LogP contribution < -0.4 is 5.32 Å². The van der Waals surface area contributed by atoms with Crippen LogP contribution in [0.2, 0.25) is 5.02 Å². The summed E-state index contributed by atoms with van der Waals surface area (Å²) in [6.45, 7) is 2.95. The van der Waals surface area contributed by atoms with Crippen molar-refractivity contribution in [2.45, 2.75) is 31.2 Å². The number of aliphatic imine (C=N–C) groups is 1. The second-order valence-corrected chi connectivity index (χ2v) is 6.22. The largest absolute Gasteiger partial charge is 0.316 e. The summed E-state index contributed by atoms with van der Waals surface area (Å²) in [5.41, 5.74) is 1.33. The molecule has 0 spiro atoms. The quantitative estimate of drug-likeness (QED) is 0.910. The number of piperidine rings is 1. The summed E-state index contributed by atoms with van der Waals surface area (Å²) in [6, 6.07) is 8.52. The van der Waals surface area contributed by atoms with Crippen molar-refractivity contribution in [2.75, 3.05) is 19.6 Å². The number of benzene rings is 1. The second-order valence-electron chi connectivity index (χ2n) is 5.78. The number of hydrogen-bond acceptors (Lipinski definition) is 4. The summed E-state index contributed by atoms with van der Waals surface area (Å²) in [5, 5.41) is 12.4. The average molecular weight is 305 g/mol. The Hall–Kier alpha value is -1.26. The lowest BCUT2D eigenvalue weighted by atomic mass is 9.76. The van der Waals surface area contributed by atoms with E-state index >= 15 is 0 Å². The predicted molar refractivity (Wildman–Crippen MR) is 86.4 cm³/mol. The Morgan fingerprint density at radius 1 is 1.19 bits per heavy atom. The van der Waals surface area contributed by atoms with Crippen molar-refractivity contribution in [3.8, 4) is 0 Å². The molecule has 4 nitrogen and oxygen atoms in total. The Labute approximate surface area is 130 Å². The van der Waals surface area contributed by atoms with Crippen LogP contribution >= 0.6 is 11.6 Å². The van der Waals surface area contributed by atoms with Crippen LogP contribution in [0.5, 0.6) is 0 Å². The van der Waals surface area contributed by atoms with Gasteiger partial charge < -0.3 is 5.32 Å². The van der Waals surface area contributed by atoms with E-state index in [0.717, 1.165) is 31.1 Å². The number of nitrogens with zero attached hydrogens (tertiary/aromatic N) is 3. The summed E-state index contributed by atoms with van der Waals surface area (Å²) in [6.07, 6.45) is 5.07. The van der Waals surface area contributed by atoms with Crippen LogP contribution in [0.3, 0.4) is 0 Å². The molecule has 1 aromatic rings. The molecule has 0 bridgehead atoms. The zero-order valence-corrected chi connectivity index (χ0v) is 12.8. The van der Waals surface area contributed by atoms with Crippen molar-refractivity contribution in [1.82, 2.24) is 5.32 Å². The smallest absolute Gasteiger partial charge is 0.132 e. The fourth-order valence-electron chi connectivity index (χ4n) is 3.43. The SMILES string of the molecule is Clc1ccc(C(C2CCN=NC=N2)[C@H]2CCCNC2)cc1. The van der Waals surface area contributed by atoms with Gasteiger partial charge in [0.05, 0.1) is 12.6 Å². The van der Waals surface area contributed by atoms with E-state index in [0.29, 0.717) is 11.8 Å². The molecule has 0 aliphatic carbocycles. The van der Waals surface area contributed by atoms with Gasteiger partial charge in [0.1, 0.15) is 6.34 Å². The van der Waals surface area contributed by atoms with Crippen LogP contribution in [0.15, 0.2) is 39.5 Å². The minimum Gasteiger partial charge on any atom is -0.316 e. The fourth-order valence-corrected chi connectivity index (χ4v) is 3.55. The van der Waals surface area contributed by atoms with E-state index < -0.39 is 0 Å². The molecule has 1 aromatic carbocycles. The molecule has 0 saturated carbocycles. The monoisotopic (exact) mass is 304 g/mol. The first-order chi connectivity index (χ1) is 10.3. The van der Waals surface area contributed by atoms with Crippen molar-refractivity contribution in [1.29, 1.82) is 0 Å². The number of halogens is 1. The zero-order valence-electron chi connectivity index (χ0n) is 12.1. The first kappa shape index (κ1) is 14.7. The van der Waals surface area contributed by atoms with Crippen LogP contribution in [0.4, 0.5) is 0 Å². The van der Waals surface area contributed by atoms with Gasteiger partial charge in [-0.25, -0.2) is 0 Å². The van der Waals surface area contributed by atoms with Crippen molar-refractivity contribution < 1.29 is 0 Å². The van der Waals surface area contributed by atoms with E-state index in [4.69, 9.17) is 11.6 Å². The summed E-state index contributed by atoms with van der Waals surface area (Å²) < 4.78 is 0. The normalized spacial score (nSPS) is 27.3. The van der Waals surface area contributed by atoms with Gasteiger partial charge in [-0.1, -0.05) is 23.7 Å². The van der Waals surface area contributed by atoms with Crippen LogP contribution in [0.25, 0.3) is 0 Å². The number of hydrogen-bond donors (Lipinski definition) is 1. The maximum absolute atomic E-state index is 6.04. The summed E-state index contributed by atoms with van der Waals surface area (Å²) >= 11 is 6.04. The summed E-state index contributed by atoms with van der Waals surface area (Å²) in [4.78, 5) is 4.65. The highest BCUT2D eigenvalue weighted by Crippen LogP contribution is 2.36. The molecule has 2 aliphatic heterocycles. The van der Waals surface area contributed by atoms with Crippen LogP contribution in [0, 0.1) is 5.92 Å². The van der Waals surface area contributed by atoms with Crippen molar-refractivity contribution in [3.05, 3.63) is 34.9 Å². The zero-order chi connectivity index (χ0) is 14.5. The van der Waals surface area contributed by atoms with Gasteiger partial charge in [0, 0.05) is 10.9 Å². The Morgan fingerprint density at radius 3 is 2.81 bits per heavy atom. The van der Waals surface area contributed by atoms with Gasteiger partial charge in [-0.15, -0.1) is 5.11 Å². The van der Waals surface area contributed by atoms with E-state index in [9.17, 15) is 0 Å². The van der Waals surface area contributed by atoms with Gasteiger partial charge in [-0.05, 0) is 56.0 Å². The lowest BCUT2D eigenvalue weighted by molar-refractivity contribution is 0.288. The summed E-state index contributed by atoms with van der Waals surface area (Å²) in [7, 11) is 0. The predicted octanol–water partition coefficient (Wildman–Crippen LogP) is 3.68. The van der Waals surface area contributed by atoms with E-state index in [1.807, 2.05) is 12.1 Å². The maximum atomic E-state index is 6.04. The molecule has 2 aliphatic rings. The Kier molecular flexibility index (Phi) is 4.99. The number of rotatable bonds is 3. The van der Waals surface area contributed by atoms with Gasteiger partial charge in [0.25, 0.3) is 0 Å². The molecule has 0 amide bonds. The van der Waals surface area contributed by atoms with E-state index in [-0.39, 0.29) is 6.04 Å².